The second-order valence-corrected chi connectivity index (χ2v) is 6.10. The van der Waals surface area contributed by atoms with Gasteiger partial charge in [0.1, 0.15) is 12.2 Å². The Balaban J connectivity index is 2.15. The quantitative estimate of drug-likeness (QED) is 0.808. The Morgan fingerprint density at radius 1 is 1.40 bits per heavy atom. The summed E-state index contributed by atoms with van der Waals surface area (Å²) < 4.78 is 1.99. The minimum atomic E-state index is 0.210. The standard InChI is InChI=1S/C14H21ClN4S/c1-3-6-16-12(14-11(15)5-8-20-14)9-13-17-10-18-19(13)7-4-2/h5,8,10,12,16H,3-4,6-7,9H2,1-2H3. The van der Waals surface area contributed by atoms with Gasteiger partial charge in [0.15, 0.2) is 0 Å². The number of aromatic nitrogens is 3. The Labute approximate surface area is 129 Å². The van der Waals surface area contributed by atoms with Gasteiger partial charge in [0.05, 0.1) is 11.1 Å². The van der Waals surface area contributed by atoms with Crippen LogP contribution < -0.4 is 5.32 Å². The largest absolute Gasteiger partial charge is 0.309 e. The fourth-order valence-corrected chi connectivity index (χ4v) is 3.42. The molecule has 20 heavy (non-hydrogen) atoms. The van der Waals surface area contributed by atoms with Crippen molar-refractivity contribution in [2.24, 2.45) is 0 Å². The average molecular weight is 313 g/mol. The maximum absolute atomic E-state index is 6.28. The zero-order chi connectivity index (χ0) is 14.4. The smallest absolute Gasteiger partial charge is 0.138 e. The van der Waals surface area contributed by atoms with Crippen molar-refractivity contribution >= 4 is 22.9 Å². The molecule has 1 unspecified atom stereocenters. The van der Waals surface area contributed by atoms with E-state index in [-0.39, 0.29) is 6.04 Å². The summed E-state index contributed by atoms with van der Waals surface area (Å²) in [5.41, 5.74) is 0. The zero-order valence-corrected chi connectivity index (χ0v) is 13.5. The molecule has 0 spiro atoms. The van der Waals surface area contributed by atoms with Gasteiger partial charge in [-0.15, -0.1) is 11.3 Å². The van der Waals surface area contributed by atoms with Gasteiger partial charge in [0.25, 0.3) is 0 Å². The first-order valence-electron chi connectivity index (χ1n) is 7.09. The zero-order valence-electron chi connectivity index (χ0n) is 12.0. The number of halogens is 1. The summed E-state index contributed by atoms with van der Waals surface area (Å²) in [6.45, 7) is 6.20. The number of nitrogens with zero attached hydrogens (tertiary/aromatic N) is 3. The first kappa shape index (κ1) is 15.5. The third-order valence-electron chi connectivity index (χ3n) is 3.12. The van der Waals surface area contributed by atoms with Gasteiger partial charge in [0.2, 0.25) is 0 Å². The van der Waals surface area contributed by atoms with E-state index in [1.807, 2.05) is 16.1 Å². The Morgan fingerprint density at radius 2 is 2.25 bits per heavy atom. The van der Waals surface area contributed by atoms with Crippen molar-refractivity contribution < 1.29 is 0 Å². The molecule has 0 saturated carbocycles. The van der Waals surface area contributed by atoms with Crippen molar-refractivity contribution in [2.45, 2.75) is 45.7 Å². The summed E-state index contributed by atoms with van der Waals surface area (Å²) in [5.74, 6) is 1.02. The minimum absolute atomic E-state index is 0.210. The molecule has 0 radical (unpaired) electrons. The first-order valence-corrected chi connectivity index (χ1v) is 8.35. The van der Waals surface area contributed by atoms with Crippen molar-refractivity contribution in [3.05, 3.63) is 33.5 Å². The van der Waals surface area contributed by atoms with Crippen LogP contribution in [-0.4, -0.2) is 21.3 Å². The molecule has 4 nitrogen and oxygen atoms in total. The van der Waals surface area contributed by atoms with Gasteiger partial charge < -0.3 is 5.32 Å². The molecule has 2 aromatic rings. The van der Waals surface area contributed by atoms with E-state index >= 15 is 0 Å². The molecule has 0 bridgehead atoms. The molecule has 2 rings (SSSR count). The predicted octanol–water partition coefficient (Wildman–Crippen LogP) is 3.69. The lowest BCUT2D eigenvalue weighted by atomic mass is 10.1. The first-order chi connectivity index (χ1) is 9.76. The molecule has 0 aliphatic rings. The molecule has 2 heterocycles. The Kier molecular flexibility index (Phi) is 6.01. The van der Waals surface area contributed by atoms with Gasteiger partial charge in [-0.05, 0) is 30.8 Å². The molecule has 110 valence electrons. The van der Waals surface area contributed by atoms with Gasteiger partial charge in [-0.25, -0.2) is 4.98 Å². The monoisotopic (exact) mass is 312 g/mol. The van der Waals surface area contributed by atoms with Crippen molar-refractivity contribution in [3.8, 4) is 0 Å². The Bertz CT molecular complexity index is 523. The maximum atomic E-state index is 6.28. The van der Waals surface area contributed by atoms with Crippen molar-refractivity contribution in [2.75, 3.05) is 6.54 Å². The lowest BCUT2D eigenvalue weighted by Gasteiger charge is -2.17. The summed E-state index contributed by atoms with van der Waals surface area (Å²) in [6.07, 6.45) is 4.61. The van der Waals surface area contributed by atoms with Crippen LogP contribution in [0, 0.1) is 0 Å². The summed E-state index contributed by atoms with van der Waals surface area (Å²) in [7, 11) is 0. The number of hydrogen-bond donors (Lipinski definition) is 1. The van der Waals surface area contributed by atoms with E-state index in [1.54, 1.807) is 17.7 Å². The minimum Gasteiger partial charge on any atom is -0.309 e. The fourth-order valence-electron chi connectivity index (χ4n) is 2.16. The Morgan fingerprint density at radius 3 is 2.90 bits per heavy atom. The van der Waals surface area contributed by atoms with Crippen LogP contribution in [0.25, 0.3) is 0 Å². The van der Waals surface area contributed by atoms with E-state index in [9.17, 15) is 0 Å². The number of aryl methyl sites for hydroxylation is 1. The molecule has 0 saturated heterocycles. The molecule has 0 aromatic carbocycles. The van der Waals surface area contributed by atoms with E-state index in [0.717, 1.165) is 43.2 Å². The fraction of sp³-hybridized carbons (Fsp3) is 0.571. The summed E-state index contributed by atoms with van der Waals surface area (Å²) in [5, 5.41) is 10.7. The number of thiophene rings is 1. The molecule has 0 aliphatic heterocycles. The molecule has 6 heteroatoms. The highest BCUT2D eigenvalue weighted by Crippen LogP contribution is 2.30. The molecular weight excluding hydrogens is 292 g/mol. The van der Waals surface area contributed by atoms with Crippen molar-refractivity contribution in [3.63, 3.8) is 0 Å². The Hall–Kier alpha value is -0.910. The van der Waals surface area contributed by atoms with Crippen LogP contribution in [0.1, 0.15) is 43.4 Å². The molecular formula is C14H21ClN4S. The van der Waals surface area contributed by atoms with E-state index in [1.165, 1.54) is 4.88 Å². The van der Waals surface area contributed by atoms with Gasteiger partial charge in [-0.1, -0.05) is 25.4 Å². The summed E-state index contributed by atoms with van der Waals surface area (Å²) in [4.78, 5) is 5.58. The van der Waals surface area contributed by atoms with E-state index in [0.29, 0.717) is 0 Å². The van der Waals surface area contributed by atoms with E-state index in [4.69, 9.17) is 11.6 Å². The third-order valence-corrected chi connectivity index (χ3v) is 4.59. The van der Waals surface area contributed by atoms with E-state index < -0.39 is 0 Å². The normalized spacial score (nSPS) is 12.8. The summed E-state index contributed by atoms with van der Waals surface area (Å²) in [6, 6.07) is 2.17. The molecule has 0 amide bonds. The highest BCUT2D eigenvalue weighted by Gasteiger charge is 2.18. The summed E-state index contributed by atoms with van der Waals surface area (Å²) >= 11 is 7.98. The second-order valence-electron chi connectivity index (χ2n) is 4.74. The average Bonchev–Trinajstić information content (AvgIpc) is 3.04. The van der Waals surface area contributed by atoms with E-state index in [2.05, 4.69) is 29.2 Å². The molecule has 2 aromatic heterocycles. The predicted molar refractivity (Wildman–Crippen MR) is 84.4 cm³/mol. The van der Waals surface area contributed by atoms with Gasteiger partial charge in [-0.2, -0.15) is 5.10 Å². The van der Waals surface area contributed by atoms with Crippen LogP contribution in [0.4, 0.5) is 0 Å². The highest BCUT2D eigenvalue weighted by atomic mass is 35.5. The number of nitrogens with one attached hydrogen (secondary N) is 1. The molecule has 0 aliphatic carbocycles. The number of hydrogen-bond acceptors (Lipinski definition) is 4. The van der Waals surface area contributed by atoms with Crippen LogP contribution in [0.15, 0.2) is 17.8 Å². The highest BCUT2D eigenvalue weighted by molar-refractivity contribution is 7.10. The molecule has 0 fully saturated rings. The third kappa shape index (κ3) is 3.81. The SMILES string of the molecule is CCCNC(Cc1ncnn1CCC)c1sccc1Cl. The topological polar surface area (TPSA) is 42.7 Å². The van der Waals surface area contributed by atoms with Crippen LogP contribution in [0.2, 0.25) is 5.02 Å². The van der Waals surface area contributed by atoms with Crippen LogP contribution >= 0.6 is 22.9 Å². The van der Waals surface area contributed by atoms with Gasteiger partial charge in [-0.3, -0.25) is 4.68 Å². The second kappa shape index (κ2) is 7.76. The van der Waals surface area contributed by atoms with Gasteiger partial charge >= 0.3 is 0 Å². The maximum Gasteiger partial charge on any atom is 0.138 e. The molecule has 1 N–H and O–H groups in total. The van der Waals surface area contributed by atoms with Crippen LogP contribution in [0.5, 0.6) is 0 Å². The molecule has 1 atom stereocenters. The van der Waals surface area contributed by atoms with Crippen LogP contribution in [-0.2, 0) is 13.0 Å². The lowest BCUT2D eigenvalue weighted by molar-refractivity contribution is 0.493. The van der Waals surface area contributed by atoms with Crippen LogP contribution in [0.3, 0.4) is 0 Å². The lowest BCUT2D eigenvalue weighted by Crippen LogP contribution is -2.25. The van der Waals surface area contributed by atoms with Crippen molar-refractivity contribution in [1.82, 2.24) is 20.1 Å². The van der Waals surface area contributed by atoms with Gasteiger partial charge in [0, 0.05) is 17.8 Å². The van der Waals surface area contributed by atoms with Crippen molar-refractivity contribution in [1.29, 1.82) is 0 Å². The number of rotatable bonds is 8.